The number of morpholine rings is 1. The van der Waals surface area contributed by atoms with Gasteiger partial charge in [-0.15, -0.1) is 0 Å². The van der Waals surface area contributed by atoms with Crippen LogP contribution in [0.2, 0.25) is 5.02 Å². The third-order valence-corrected chi connectivity index (χ3v) is 3.87. The van der Waals surface area contributed by atoms with Crippen LogP contribution in [0.3, 0.4) is 0 Å². The van der Waals surface area contributed by atoms with Crippen molar-refractivity contribution in [3.05, 3.63) is 28.8 Å². The Kier molecular flexibility index (Phi) is 6.73. The maximum atomic E-state index is 9.45. The fraction of sp³-hybridized carbons (Fsp3) is 0.600. The molecule has 118 valence electrons. The Morgan fingerprint density at radius 1 is 1.52 bits per heavy atom. The lowest BCUT2D eigenvalue weighted by Gasteiger charge is -2.36. The zero-order valence-electron chi connectivity index (χ0n) is 12.3. The van der Waals surface area contributed by atoms with E-state index in [0.717, 1.165) is 30.9 Å². The van der Waals surface area contributed by atoms with Gasteiger partial charge < -0.3 is 24.8 Å². The maximum Gasteiger partial charge on any atom is 0.0756 e. The number of halogens is 1. The molecule has 0 aliphatic carbocycles. The Hall–Kier alpha value is -0.850. The van der Waals surface area contributed by atoms with Gasteiger partial charge in [0, 0.05) is 26.7 Å². The highest BCUT2D eigenvalue weighted by molar-refractivity contribution is 6.33. The largest absolute Gasteiger partial charge is 0.394 e. The molecule has 0 spiro atoms. The maximum absolute atomic E-state index is 9.45. The molecule has 0 aromatic heterocycles. The number of aliphatic hydroxyl groups excluding tert-OH is 1. The van der Waals surface area contributed by atoms with Gasteiger partial charge in [0.25, 0.3) is 0 Å². The van der Waals surface area contributed by atoms with Crippen LogP contribution in [0.25, 0.3) is 0 Å². The first-order chi connectivity index (χ1) is 10.3. The minimum Gasteiger partial charge on any atom is -0.394 e. The highest BCUT2D eigenvalue weighted by atomic mass is 35.5. The van der Waals surface area contributed by atoms with E-state index in [4.69, 9.17) is 21.1 Å². The van der Waals surface area contributed by atoms with Gasteiger partial charge in [0.15, 0.2) is 0 Å². The SMILES string of the molecule is COCCNCc1ccc(N2CCOCC2CO)c(Cl)c1. The van der Waals surface area contributed by atoms with E-state index in [1.807, 2.05) is 12.1 Å². The summed E-state index contributed by atoms with van der Waals surface area (Å²) in [6.07, 6.45) is 0. The Balaban J connectivity index is 2.01. The number of nitrogens with one attached hydrogen (secondary N) is 1. The van der Waals surface area contributed by atoms with Crippen molar-refractivity contribution in [3.63, 3.8) is 0 Å². The standard InChI is InChI=1S/C15H23ClN2O3/c1-20-6-4-17-9-12-2-3-15(14(16)8-12)18-5-7-21-11-13(18)10-19/h2-3,8,13,17,19H,4-7,9-11H2,1H3. The molecule has 0 amide bonds. The molecule has 6 heteroatoms. The van der Waals surface area contributed by atoms with Gasteiger partial charge in [-0.1, -0.05) is 17.7 Å². The van der Waals surface area contributed by atoms with Crippen molar-refractivity contribution < 1.29 is 14.6 Å². The molecule has 5 nitrogen and oxygen atoms in total. The van der Waals surface area contributed by atoms with Gasteiger partial charge in [0.1, 0.15) is 0 Å². The molecule has 1 heterocycles. The topological polar surface area (TPSA) is 54.0 Å². The van der Waals surface area contributed by atoms with Gasteiger partial charge >= 0.3 is 0 Å². The van der Waals surface area contributed by atoms with Crippen LogP contribution in [0.15, 0.2) is 18.2 Å². The molecule has 1 atom stereocenters. The van der Waals surface area contributed by atoms with Gasteiger partial charge in [0.2, 0.25) is 0 Å². The zero-order chi connectivity index (χ0) is 15.1. The third kappa shape index (κ3) is 4.56. The molecular formula is C15H23ClN2O3. The lowest BCUT2D eigenvalue weighted by molar-refractivity contribution is 0.0727. The minimum absolute atomic E-state index is 0.0260. The minimum atomic E-state index is -0.0260. The van der Waals surface area contributed by atoms with Gasteiger partial charge in [0.05, 0.1) is 43.2 Å². The molecule has 21 heavy (non-hydrogen) atoms. The number of anilines is 1. The summed E-state index contributed by atoms with van der Waals surface area (Å²) in [5.74, 6) is 0. The number of rotatable bonds is 7. The van der Waals surface area contributed by atoms with Crippen molar-refractivity contribution in [1.29, 1.82) is 0 Å². The van der Waals surface area contributed by atoms with E-state index in [-0.39, 0.29) is 12.6 Å². The van der Waals surface area contributed by atoms with Gasteiger partial charge in [-0.3, -0.25) is 0 Å². The highest BCUT2D eigenvalue weighted by Crippen LogP contribution is 2.29. The lowest BCUT2D eigenvalue weighted by Crippen LogP contribution is -2.47. The first-order valence-corrected chi connectivity index (χ1v) is 7.57. The summed E-state index contributed by atoms with van der Waals surface area (Å²) in [6.45, 7) is 4.27. The second-order valence-electron chi connectivity index (χ2n) is 5.06. The number of ether oxygens (including phenoxy) is 2. The summed E-state index contributed by atoms with van der Waals surface area (Å²) >= 11 is 6.41. The highest BCUT2D eigenvalue weighted by Gasteiger charge is 2.24. The van der Waals surface area contributed by atoms with E-state index < -0.39 is 0 Å². The number of hydrogen-bond acceptors (Lipinski definition) is 5. The molecule has 1 aromatic carbocycles. The molecule has 1 aliphatic heterocycles. The molecule has 0 radical (unpaired) electrons. The molecule has 2 rings (SSSR count). The van der Waals surface area contributed by atoms with Crippen LogP contribution in [-0.4, -0.2) is 57.8 Å². The average molecular weight is 315 g/mol. The molecule has 0 saturated carbocycles. The van der Waals surface area contributed by atoms with Crippen molar-refractivity contribution in [3.8, 4) is 0 Å². The molecule has 1 aliphatic rings. The summed E-state index contributed by atoms with van der Waals surface area (Å²) in [6, 6.07) is 6.02. The molecule has 0 bridgehead atoms. The molecule has 1 aromatic rings. The molecule has 1 fully saturated rings. The molecule has 1 unspecified atom stereocenters. The summed E-state index contributed by atoms with van der Waals surface area (Å²) in [7, 11) is 1.69. The first kappa shape index (κ1) is 16.5. The zero-order valence-corrected chi connectivity index (χ0v) is 13.1. The van der Waals surface area contributed by atoms with E-state index >= 15 is 0 Å². The van der Waals surface area contributed by atoms with Crippen LogP contribution in [0.4, 0.5) is 5.69 Å². The predicted molar refractivity (Wildman–Crippen MR) is 84.1 cm³/mol. The molecular weight excluding hydrogens is 292 g/mol. The number of methoxy groups -OCH3 is 1. The lowest BCUT2D eigenvalue weighted by atomic mass is 10.1. The van der Waals surface area contributed by atoms with E-state index in [1.54, 1.807) is 7.11 Å². The Labute approximate surface area is 130 Å². The number of aliphatic hydroxyl groups is 1. The van der Waals surface area contributed by atoms with Gasteiger partial charge in [-0.2, -0.15) is 0 Å². The Morgan fingerprint density at radius 3 is 3.10 bits per heavy atom. The van der Waals surface area contributed by atoms with Gasteiger partial charge in [-0.05, 0) is 17.7 Å². The number of nitrogens with zero attached hydrogens (tertiary/aromatic N) is 1. The van der Waals surface area contributed by atoms with Crippen LogP contribution >= 0.6 is 11.6 Å². The molecule has 2 N–H and O–H groups in total. The first-order valence-electron chi connectivity index (χ1n) is 7.19. The van der Waals surface area contributed by atoms with E-state index in [1.165, 1.54) is 0 Å². The summed E-state index contributed by atoms with van der Waals surface area (Å²) < 4.78 is 10.4. The summed E-state index contributed by atoms with van der Waals surface area (Å²) in [5, 5.41) is 13.4. The van der Waals surface area contributed by atoms with E-state index in [9.17, 15) is 5.11 Å². The normalized spacial score (nSPS) is 19.0. The second-order valence-corrected chi connectivity index (χ2v) is 5.47. The van der Waals surface area contributed by atoms with Gasteiger partial charge in [-0.25, -0.2) is 0 Å². The van der Waals surface area contributed by atoms with Crippen molar-refractivity contribution in [2.75, 3.05) is 51.5 Å². The van der Waals surface area contributed by atoms with Crippen LogP contribution in [0.5, 0.6) is 0 Å². The van der Waals surface area contributed by atoms with Crippen molar-refractivity contribution >= 4 is 17.3 Å². The Bertz CT molecular complexity index is 445. The quantitative estimate of drug-likeness (QED) is 0.743. The van der Waals surface area contributed by atoms with E-state index in [2.05, 4.69) is 16.3 Å². The smallest absolute Gasteiger partial charge is 0.0756 e. The number of hydrogen-bond donors (Lipinski definition) is 2. The van der Waals surface area contributed by atoms with Crippen LogP contribution in [0, 0.1) is 0 Å². The monoisotopic (exact) mass is 314 g/mol. The van der Waals surface area contributed by atoms with Crippen LogP contribution in [0.1, 0.15) is 5.56 Å². The van der Waals surface area contributed by atoms with Crippen molar-refractivity contribution in [2.24, 2.45) is 0 Å². The predicted octanol–water partition coefficient (Wildman–Crippen LogP) is 1.27. The average Bonchev–Trinajstić information content (AvgIpc) is 2.52. The van der Waals surface area contributed by atoms with Crippen LogP contribution < -0.4 is 10.2 Å². The summed E-state index contributed by atoms with van der Waals surface area (Å²) in [4.78, 5) is 2.12. The Morgan fingerprint density at radius 2 is 2.38 bits per heavy atom. The number of benzene rings is 1. The summed E-state index contributed by atoms with van der Waals surface area (Å²) in [5.41, 5.74) is 2.09. The van der Waals surface area contributed by atoms with Crippen molar-refractivity contribution in [2.45, 2.75) is 12.6 Å². The fourth-order valence-corrected chi connectivity index (χ4v) is 2.74. The molecule has 1 saturated heterocycles. The second kappa shape index (κ2) is 8.56. The van der Waals surface area contributed by atoms with Crippen LogP contribution in [-0.2, 0) is 16.0 Å². The third-order valence-electron chi connectivity index (χ3n) is 3.57. The van der Waals surface area contributed by atoms with E-state index in [0.29, 0.717) is 24.8 Å². The van der Waals surface area contributed by atoms with Crippen molar-refractivity contribution in [1.82, 2.24) is 5.32 Å². The fourth-order valence-electron chi connectivity index (χ4n) is 2.42.